The fourth-order valence-electron chi connectivity index (χ4n) is 2.58. The minimum Gasteiger partial charge on any atom is -0.493 e. The van der Waals surface area contributed by atoms with Crippen LogP contribution in [0.15, 0.2) is 53.4 Å². The van der Waals surface area contributed by atoms with Crippen molar-refractivity contribution in [3.05, 3.63) is 59.7 Å². The molecule has 0 heterocycles. The van der Waals surface area contributed by atoms with E-state index < -0.39 is 10.0 Å². The number of carbonyl (C=O) groups is 1. The number of hydrogen-bond acceptors (Lipinski definition) is 5. The summed E-state index contributed by atoms with van der Waals surface area (Å²) in [5, 5.41) is 0. The molecule has 0 radical (unpaired) electrons. The van der Waals surface area contributed by atoms with Gasteiger partial charge in [0.1, 0.15) is 0 Å². The minimum atomic E-state index is -3.52. The van der Waals surface area contributed by atoms with E-state index in [1.807, 2.05) is 12.1 Å². The quantitative estimate of drug-likeness (QED) is 0.415. The molecule has 0 aromatic heterocycles. The Morgan fingerprint density at radius 1 is 1.07 bits per heavy atom. The van der Waals surface area contributed by atoms with Gasteiger partial charge >= 0.3 is 0 Å². The molecule has 0 aliphatic rings. The van der Waals surface area contributed by atoms with Gasteiger partial charge in [-0.1, -0.05) is 26.0 Å². The van der Waals surface area contributed by atoms with Gasteiger partial charge in [-0.05, 0) is 60.4 Å². The minimum absolute atomic E-state index is 0.144. The molecule has 0 N–H and O–H groups in total. The standard InChI is InChI=1S/C23H29NO5S/c1-17(2)14-15-29-22-13-7-18(16-23(22)28-5)6-12-21(25)19-8-10-20(11-9-19)30(26,27)24(3)4/h6-13,16-17H,14-15H2,1-5H3. The fraction of sp³-hybridized carbons (Fsp3) is 0.348. The Kier molecular flexibility index (Phi) is 8.20. The summed E-state index contributed by atoms with van der Waals surface area (Å²) in [6, 6.07) is 11.4. The third-order valence-corrected chi connectivity index (χ3v) is 6.31. The van der Waals surface area contributed by atoms with Gasteiger partial charge in [0.2, 0.25) is 10.0 Å². The van der Waals surface area contributed by atoms with Crippen LogP contribution >= 0.6 is 0 Å². The number of ketones is 1. The highest BCUT2D eigenvalue weighted by molar-refractivity contribution is 7.89. The van der Waals surface area contributed by atoms with Crippen molar-refractivity contribution in [3.8, 4) is 11.5 Å². The van der Waals surface area contributed by atoms with E-state index in [0.29, 0.717) is 29.6 Å². The summed E-state index contributed by atoms with van der Waals surface area (Å²) >= 11 is 0. The summed E-state index contributed by atoms with van der Waals surface area (Å²) < 4.78 is 36.5. The lowest BCUT2D eigenvalue weighted by molar-refractivity contribution is 0.104. The molecular weight excluding hydrogens is 402 g/mol. The average molecular weight is 432 g/mol. The molecule has 0 unspecified atom stereocenters. The number of benzene rings is 2. The van der Waals surface area contributed by atoms with Gasteiger partial charge in [0.05, 0.1) is 18.6 Å². The predicted molar refractivity (Wildman–Crippen MR) is 119 cm³/mol. The highest BCUT2D eigenvalue weighted by Gasteiger charge is 2.17. The van der Waals surface area contributed by atoms with E-state index in [1.54, 1.807) is 19.3 Å². The third-order valence-electron chi connectivity index (χ3n) is 4.49. The highest BCUT2D eigenvalue weighted by atomic mass is 32.2. The molecule has 162 valence electrons. The number of allylic oxidation sites excluding steroid dienone is 1. The van der Waals surface area contributed by atoms with E-state index in [0.717, 1.165) is 16.3 Å². The zero-order valence-electron chi connectivity index (χ0n) is 18.1. The van der Waals surface area contributed by atoms with Crippen molar-refractivity contribution < 1.29 is 22.7 Å². The summed E-state index contributed by atoms with van der Waals surface area (Å²) in [6.07, 6.45) is 4.09. The molecule has 0 spiro atoms. The number of methoxy groups -OCH3 is 1. The van der Waals surface area contributed by atoms with Gasteiger partial charge in [-0.25, -0.2) is 12.7 Å². The van der Waals surface area contributed by atoms with Crippen LogP contribution in [0.5, 0.6) is 11.5 Å². The SMILES string of the molecule is COc1cc(C=CC(=O)c2ccc(S(=O)(=O)N(C)C)cc2)ccc1OCCC(C)C. The van der Waals surface area contributed by atoms with E-state index >= 15 is 0 Å². The van der Waals surface area contributed by atoms with Crippen LogP contribution in [0.25, 0.3) is 6.08 Å². The topological polar surface area (TPSA) is 72.9 Å². The van der Waals surface area contributed by atoms with Gasteiger partial charge in [-0.15, -0.1) is 0 Å². The lowest BCUT2D eigenvalue weighted by atomic mass is 10.1. The Labute approximate surface area is 179 Å². The molecular formula is C23H29NO5S. The van der Waals surface area contributed by atoms with Gasteiger partial charge in [-0.2, -0.15) is 0 Å². The molecule has 7 heteroatoms. The van der Waals surface area contributed by atoms with Crippen molar-refractivity contribution in [2.75, 3.05) is 27.8 Å². The average Bonchev–Trinajstić information content (AvgIpc) is 2.72. The molecule has 0 aliphatic carbocycles. The van der Waals surface area contributed by atoms with Crippen molar-refractivity contribution in [2.45, 2.75) is 25.2 Å². The molecule has 0 aliphatic heterocycles. The number of nitrogens with zero attached hydrogens (tertiary/aromatic N) is 1. The molecule has 2 rings (SSSR count). The summed E-state index contributed by atoms with van der Waals surface area (Å²) in [5.74, 6) is 1.60. The maximum Gasteiger partial charge on any atom is 0.242 e. The normalized spacial score (nSPS) is 12.0. The van der Waals surface area contributed by atoms with Crippen LogP contribution in [0, 0.1) is 5.92 Å². The van der Waals surface area contributed by atoms with E-state index in [1.165, 1.54) is 44.4 Å². The first-order valence-electron chi connectivity index (χ1n) is 9.71. The molecule has 0 fully saturated rings. The number of sulfonamides is 1. The number of ether oxygens (including phenoxy) is 2. The first kappa shape index (κ1) is 23.6. The molecule has 6 nitrogen and oxygen atoms in total. The molecule has 30 heavy (non-hydrogen) atoms. The number of carbonyl (C=O) groups excluding carboxylic acids is 1. The van der Waals surface area contributed by atoms with Gasteiger partial charge in [0, 0.05) is 19.7 Å². The van der Waals surface area contributed by atoms with Gasteiger partial charge in [0.15, 0.2) is 17.3 Å². The van der Waals surface area contributed by atoms with Crippen molar-refractivity contribution in [2.24, 2.45) is 5.92 Å². The molecule has 0 bridgehead atoms. The largest absolute Gasteiger partial charge is 0.493 e. The Bertz CT molecular complexity index is 993. The smallest absolute Gasteiger partial charge is 0.242 e. The lowest BCUT2D eigenvalue weighted by Crippen LogP contribution is -2.22. The molecule has 0 amide bonds. The van der Waals surface area contributed by atoms with Gasteiger partial charge < -0.3 is 9.47 Å². The van der Waals surface area contributed by atoms with Crippen LogP contribution in [-0.4, -0.2) is 46.3 Å². The third kappa shape index (κ3) is 6.18. The molecule has 0 saturated carbocycles. The van der Waals surface area contributed by atoms with Crippen molar-refractivity contribution in [3.63, 3.8) is 0 Å². The second kappa shape index (κ2) is 10.4. The predicted octanol–water partition coefficient (Wildman–Crippen LogP) is 4.27. The zero-order valence-corrected chi connectivity index (χ0v) is 18.9. The summed E-state index contributed by atoms with van der Waals surface area (Å²) in [4.78, 5) is 12.6. The Hall–Kier alpha value is -2.64. The van der Waals surface area contributed by atoms with Crippen molar-refractivity contribution in [1.29, 1.82) is 0 Å². The summed E-state index contributed by atoms with van der Waals surface area (Å²) in [6.45, 7) is 4.89. The van der Waals surface area contributed by atoms with E-state index in [4.69, 9.17) is 9.47 Å². The summed E-state index contributed by atoms with van der Waals surface area (Å²) in [5.41, 5.74) is 1.20. The second-order valence-corrected chi connectivity index (χ2v) is 9.60. The van der Waals surface area contributed by atoms with E-state index in [2.05, 4.69) is 13.8 Å². The highest BCUT2D eigenvalue weighted by Crippen LogP contribution is 2.29. The van der Waals surface area contributed by atoms with Crippen molar-refractivity contribution in [1.82, 2.24) is 4.31 Å². The maximum absolute atomic E-state index is 12.4. The molecule has 2 aromatic carbocycles. The van der Waals surface area contributed by atoms with Crippen LogP contribution < -0.4 is 9.47 Å². The first-order valence-corrected chi connectivity index (χ1v) is 11.1. The fourth-order valence-corrected chi connectivity index (χ4v) is 3.48. The first-order chi connectivity index (χ1) is 14.1. The Morgan fingerprint density at radius 3 is 2.30 bits per heavy atom. The van der Waals surface area contributed by atoms with Crippen LogP contribution in [0.1, 0.15) is 36.2 Å². The van der Waals surface area contributed by atoms with Crippen LogP contribution in [0.3, 0.4) is 0 Å². The Morgan fingerprint density at radius 2 is 1.73 bits per heavy atom. The molecule has 0 atom stereocenters. The van der Waals surface area contributed by atoms with E-state index in [9.17, 15) is 13.2 Å². The zero-order chi connectivity index (χ0) is 22.3. The van der Waals surface area contributed by atoms with Crippen LogP contribution in [0.4, 0.5) is 0 Å². The van der Waals surface area contributed by atoms with Crippen LogP contribution in [0.2, 0.25) is 0 Å². The molecule has 0 saturated heterocycles. The van der Waals surface area contributed by atoms with Crippen molar-refractivity contribution >= 4 is 21.9 Å². The molecule has 2 aromatic rings. The van der Waals surface area contributed by atoms with E-state index in [-0.39, 0.29) is 10.7 Å². The Balaban J connectivity index is 2.10. The number of hydrogen-bond donors (Lipinski definition) is 0. The maximum atomic E-state index is 12.4. The van der Waals surface area contributed by atoms with Crippen LogP contribution in [-0.2, 0) is 10.0 Å². The lowest BCUT2D eigenvalue weighted by Gasteiger charge is -2.12. The number of rotatable bonds is 10. The van der Waals surface area contributed by atoms with Gasteiger partial charge in [0.25, 0.3) is 0 Å². The summed E-state index contributed by atoms with van der Waals surface area (Å²) in [7, 11) is 0.985. The van der Waals surface area contributed by atoms with Gasteiger partial charge in [-0.3, -0.25) is 4.79 Å². The monoisotopic (exact) mass is 431 g/mol. The second-order valence-electron chi connectivity index (χ2n) is 7.45.